The third-order valence-corrected chi connectivity index (χ3v) is 4.93. The average Bonchev–Trinajstić information content (AvgIpc) is 3.14. The summed E-state index contributed by atoms with van der Waals surface area (Å²) in [7, 11) is 0. The molecule has 0 radical (unpaired) electrons. The smallest absolute Gasteiger partial charge is 0.341 e. The van der Waals surface area contributed by atoms with Crippen LogP contribution < -0.4 is 10.1 Å². The van der Waals surface area contributed by atoms with Gasteiger partial charge in [0.25, 0.3) is 11.8 Å². The van der Waals surface area contributed by atoms with E-state index < -0.39 is 30.4 Å². The van der Waals surface area contributed by atoms with Gasteiger partial charge in [0.2, 0.25) is 0 Å². The predicted octanol–water partition coefficient (Wildman–Crippen LogP) is 2.93. The number of carbonyl (C=O) groups is 4. The van der Waals surface area contributed by atoms with Gasteiger partial charge in [-0.3, -0.25) is 19.8 Å². The topological polar surface area (TPSA) is 126 Å². The Bertz CT molecular complexity index is 1010. The van der Waals surface area contributed by atoms with Crippen LogP contribution in [-0.4, -0.2) is 40.4 Å². The molecule has 4 amide bonds. The second-order valence-corrected chi connectivity index (χ2v) is 7.49. The molecule has 1 aliphatic heterocycles. The molecule has 29 heavy (non-hydrogen) atoms. The predicted molar refractivity (Wildman–Crippen MR) is 106 cm³/mol. The zero-order valence-corrected chi connectivity index (χ0v) is 17.7. The highest BCUT2D eigenvalue weighted by molar-refractivity contribution is 9.11. The molecule has 2 aromatic rings. The molecule has 3 rings (SSSR count). The first-order valence-electron chi connectivity index (χ1n) is 8.01. The van der Waals surface area contributed by atoms with Gasteiger partial charge < -0.3 is 14.3 Å². The van der Waals surface area contributed by atoms with E-state index in [1.165, 1.54) is 12.3 Å². The van der Waals surface area contributed by atoms with Crippen molar-refractivity contribution >= 4 is 61.8 Å². The number of aliphatic carboxylic acids is 1. The van der Waals surface area contributed by atoms with Crippen LogP contribution >= 0.6 is 31.9 Å². The third kappa shape index (κ3) is 4.74. The molecule has 0 atom stereocenters. The Kier molecular flexibility index (Phi) is 6.18. The SMILES string of the molecule is O=C(O)COc1c(Br)cc(/C=C2\C(=O)NC(=O)N(Cc3ccco3)C2=O)cc1Br. The number of nitrogens with one attached hydrogen (secondary N) is 1. The molecular formula is C18H12Br2N2O7. The van der Waals surface area contributed by atoms with E-state index in [4.69, 9.17) is 14.3 Å². The Morgan fingerprint density at radius 1 is 1.24 bits per heavy atom. The number of halogens is 2. The summed E-state index contributed by atoms with van der Waals surface area (Å²) in [5.41, 5.74) is 0.200. The molecule has 1 aromatic heterocycles. The van der Waals surface area contributed by atoms with Gasteiger partial charge in [0.05, 0.1) is 21.8 Å². The van der Waals surface area contributed by atoms with Crippen molar-refractivity contribution in [2.24, 2.45) is 0 Å². The number of rotatable bonds is 6. The minimum atomic E-state index is -1.14. The fourth-order valence-electron chi connectivity index (χ4n) is 2.50. The molecule has 0 bridgehead atoms. The van der Waals surface area contributed by atoms with E-state index in [1.54, 1.807) is 24.3 Å². The van der Waals surface area contributed by atoms with E-state index in [9.17, 15) is 19.2 Å². The van der Waals surface area contributed by atoms with E-state index in [-0.39, 0.29) is 17.9 Å². The van der Waals surface area contributed by atoms with Crippen molar-refractivity contribution in [3.8, 4) is 5.75 Å². The first-order chi connectivity index (χ1) is 13.8. The zero-order valence-electron chi connectivity index (χ0n) is 14.5. The van der Waals surface area contributed by atoms with Crippen molar-refractivity contribution in [3.63, 3.8) is 0 Å². The Labute approximate surface area is 180 Å². The Morgan fingerprint density at radius 3 is 2.52 bits per heavy atom. The highest BCUT2D eigenvalue weighted by Gasteiger charge is 2.36. The molecule has 0 unspecified atom stereocenters. The quantitative estimate of drug-likeness (QED) is 0.437. The van der Waals surface area contributed by atoms with Crippen molar-refractivity contribution in [2.45, 2.75) is 6.54 Å². The number of hydrogen-bond donors (Lipinski definition) is 2. The molecule has 2 heterocycles. The molecule has 9 nitrogen and oxygen atoms in total. The molecule has 150 valence electrons. The second kappa shape index (κ2) is 8.62. The third-order valence-electron chi connectivity index (χ3n) is 3.75. The number of imide groups is 2. The van der Waals surface area contributed by atoms with Crippen LogP contribution in [0.2, 0.25) is 0 Å². The Balaban J connectivity index is 1.89. The maximum Gasteiger partial charge on any atom is 0.341 e. The summed E-state index contributed by atoms with van der Waals surface area (Å²) in [6, 6.07) is 5.47. The van der Waals surface area contributed by atoms with E-state index in [0.29, 0.717) is 20.3 Å². The molecule has 1 fully saturated rings. The van der Waals surface area contributed by atoms with Gasteiger partial charge in [-0.05, 0) is 67.8 Å². The van der Waals surface area contributed by atoms with Crippen LogP contribution in [0.3, 0.4) is 0 Å². The number of ether oxygens (including phenoxy) is 1. The second-order valence-electron chi connectivity index (χ2n) is 5.78. The first kappa shape index (κ1) is 20.8. The lowest BCUT2D eigenvalue weighted by Gasteiger charge is -2.25. The van der Waals surface area contributed by atoms with Crippen LogP contribution in [0.5, 0.6) is 5.75 Å². The molecule has 0 saturated carbocycles. The number of hydrogen-bond acceptors (Lipinski definition) is 6. The van der Waals surface area contributed by atoms with Gasteiger partial charge in [-0.25, -0.2) is 9.59 Å². The van der Waals surface area contributed by atoms with Crippen molar-refractivity contribution in [2.75, 3.05) is 6.61 Å². The van der Waals surface area contributed by atoms with Gasteiger partial charge in [-0.2, -0.15) is 0 Å². The molecule has 1 aliphatic rings. The Hall–Kier alpha value is -2.92. The molecule has 11 heteroatoms. The number of furan rings is 1. The number of carboxylic acids is 1. The van der Waals surface area contributed by atoms with Crippen LogP contribution in [0.1, 0.15) is 11.3 Å². The van der Waals surface area contributed by atoms with Gasteiger partial charge in [0.1, 0.15) is 17.1 Å². The summed E-state index contributed by atoms with van der Waals surface area (Å²) in [5.74, 6) is -2.10. The number of carbonyl (C=O) groups excluding carboxylic acids is 3. The highest BCUT2D eigenvalue weighted by atomic mass is 79.9. The summed E-state index contributed by atoms with van der Waals surface area (Å²) in [6.07, 6.45) is 2.72. The molecule has 0 aliphatic carbocycles. The van der Waals surface area contributed by atoms with Gasteiger partial charge in [0.15, 0.2) is 6.61 Å². The van der Waals surface area contributed by atoms with Gasteiger partial charge >= 0.3 is 12.0 Å². The fourth-order valence-corrected chi connectivity index (χ4v) is 3.95. The molecule has 2 N–H and O–H groups in total. The molecule has 1 saturated heterocycles. The number of carboxylic acid groups (broad SMARTS) is 1. The van der Waals surface area contributed by atoms with Crippen molar-refractivity contribution in [3.05, 3.63) is 56.4 Å². The van der Waals surface area contributed by atoms with Crippen molar-refractivity contribution in [1.82, 2.24) is 10.2 Å². The molecular weight excluding hydrogens is 516 g/mol. The standard InChI is InChI=1S/C18H12Br2N2O7/c19-12-5-9(6-13(20)15(12)29-8-14(23)24)4-11-16(25)21-18(27)22(17(11)26)7-10-2-1-3-28-10/h1-6H,7-8H2,(H,23,24)(H,21,25,27)/b11-4+. The minimum Gasteiger partial charge on any atom is -0.480 e. The average molecular weight is 528 g/mol. The fraction of sp³-hybridized carbons (Fsp3) is 0.111. The maximum atomic E-state index is 12.7. The molecule has 0 spiro atoms. The van der Waals surface area contributed by atoms with Gasteiger partial charge in [0, 0.05) is 0 Å². The summed E-state index contributed by atoms with van der Waals surface area (Å²) < 4.78 is 11.2. The number of urea groups is 1. The van der Waals surface area contributed by atoms with E-state index in [2.05, 4.69) is 37.2 Å². The number of benzene rings is 1. The summed E-state index contributed by atoms with van der Waals surface area (Å²) in [5, 5.41) is 10.9. The maximum absolute atomic E-state index is 12.7. The van der Waals surface area contributed by atoms with Gasteiger partial charge in [-0.1, -0.05) is 0 Å². The van der Waals surface area contributed by atoms with Gasteiger partial charge in [-0.15, -0.1) is 0 Å². The Morgan fingerprint density at radius 2 is 1.93 bits per heavy atom. The van der Waals surface area contributed by atoms with Crippen molar-refractivity contribution in [1.29, 1.82) is 0 Å². The van der Waals surface area contributed by atoms with Crippen molar-refractivity contribution < 1.29 is 33.4 Å². The first-order valence-corrected chi connectivity index (χ1v) is 9.59. The monoisotopic (exact) mass is 526 g/mol. The van der Waals surface area contributed by atoms with Crippen LogP contribution in [0, 0.1) is 0 Å². The zero-order chi connectivity index (χ0) is 21.1. The lowest BCUT2D eigenvalue weighted by Crippen LogP contribution is -2.53. The highest BCUT2D eigenvalue weighted by Crippen LogP contribution is 2.35. The number of nitrogens with zero attached hydrogens (tertiary/aromatic N) is 1. The van der Waals surface area contributed by atoms with Crippen LogP contribution in [-0.2, 0) is 20.9 Å². The van der Waals surface area contributed by atoms with E-state index in [1.807, 2.05) is 0 Å². The van der Waals surface area contributed by atoms with E-state index >= 15 is 0 Å². The number of amides is 4. The lowest BCUT2D eigenvalue weighted by atomic mass is 10.1. The van der Waals surface area contributed by atoms with Crippen LogP contribution in [0.15, 0.2) is 49.5 Å². The van der Waals surface area contributed by atoms with Crippen LogP contribution in [0.4, 0.5) is 4.79 Å². The van der Waals surface area contributed by atoms with E-state index in [0.717, 1.165) is 4.90 Å². The summed E-state index contributed by atoms with van der Waals surface area (Å²) >= 11 is 6.53. The number of barbiturate groups is 1. The minimum absolute atomic E-state index is 0.127. The normalized spacial score (nSPS) is 15.6. The largest absolute Gasteiger partial charge is 0.480 e. The summed E-state index contributed by atoms with van der Waals surface area (Å²) in [4.78, 5) is 48.5. The summed E-state index contributed by atoms with van der Waals surface area (Å²) in [6.45, 7) is -0.667. The molecule has 1 aromatic carbocycles. The van der Waals surface area contributed by atoms with Crippen LogP contribution in [0.25, 0.3) is 6.08 Å². The lowest BCUT2D eigenvalue weighted by molar-refractivity contribution is -0.139.